The van der Waals surface area contributed by atoms with Gasteiger partial charge in [-0.3, -0.25) is 0 Å². The molecule has 454 valence electrons. The second-order valence-corrected chi connectivity index (χ2v) is 28.7. The number of hydrogen-bond donors (Lipinski definition) is 1. The first kappa shape index (κ1) is 93.7. The van der Waals surface area contributed by atoms with E-state index in [1.165, 1.54) is 49.7 Å². The van der Waals surface area contributed by atoms with E-state index in [1.807, 2.05) is 13.8 Å². The molecule has 0 aliphatic rings. The zero-order chi connectivity index (χ0) is 62.6. The predicted molar refractivity (Wildman–Crippen MR) is 365 cm³/mol. The lowest BCUT2D eigenvalue weighted by molar-refractivity contribution is 0.135. The van der Waals surface area contributed by atoms with E-state index in [4.69, 9.17) is 18.0 Å². The van der Waals surface area contributed by atoms with Crippen molar-refractivity contribution >= 4 is 0 Å². The summed E-state index contributed by atoms with van der Waals surface area (Å²) in [6, 6.07) is 0. The Labute approximate surface area is 497 Å². The Balaban J connectivity index is -0.000000100. The minimum absolute atomic E-state index is 0. The molecule has 0 bridgehead atoms. The zero-order valence-electron chi connectivity index (χ0n) is 58.3. The average molecular weight is 1080 g/mol. The van der Waals surface area contributed by atoms with Gasteiger partial charge in [-0.2, -0.15) is 0 Å². The van der Waals surface area contributed by atoms with E-state index in [1.54, 1.807) is 0 Å². The third kappa shape index (κ3) is 101. The highest BCUT2D eigenvalue weighted by Gasteiger charge is 2.22. The fraction of sp³-hybridized carbons (Fsp3) is 0.766. The van der Waals surface area contributed by atoms with Crippen LogP contribution in [-0.2, 0) is 0 Å². The Morgan fingerprint density at radius 3 is 1.19 bits per heavy atom. The monoisotopic (exact) mass is 1080 g/mol. The van der Waals surface area contributed by atoms with Crippen molar-refractivity contribution in [3.8, 4) is 83.9 Å². The Morgan fingerprint density at radius 1 is 0.500 bits per heavy atom. The Morgan fingerprint density at radius 2 is 0.923 bits per heavy atom. The summed E-state index contributed by atoms with van der Waals surface area (Å²) < 4.78 is 0. The molecule has 0 radical (unpaired) electrons. The Hall–Kier alpha value is -3.64. The molecule has 0 heterocycles. The molecular formula is C77H140O. The van der Waals surface area contributed by atoms with Crippen molar-refractivity contribution in [3.63, 3.8) is 0 Å². The third-order valence-electron chi connectivity index (χ3n) is 11.5. The molecule has 0 aromatic heterocycles. The van der Waals surface area contributed by atoms with Crippen LogP contribution in [0.1, 0.15) is 325 Å². The molecule has 1 nitrogen and oxygen atoms in total. The maximum absolute atomic E-state index is 9.02. The van der Waals surface area contributed by atoms with Gasteiger partial charge in [0.15, 0.2) is 0 Å². The first-order valence-corrected chi connectivity index (χ1v) is 29.8. The molecule has 0 aromatic carbocycles. The number of hydrogen-bond acceptors (Lipinski definition) is 1. The van der Waals surface area contributed by atoms with Crippen molar-refractivity contribution in [2.45, 2.75) is 325 Å². The van der Waals surface area contributed by atoms with Crippen LogP contribution in [0.4, 0.5) is 0 Å². The van der Waals surface area contributed by atoms with Gasteiger partial charge in [0.1, 0.15) is 0 Å². The molecule has 0 amide bonds. The van der Waals surface area contributed by atoms with Gasteiger partial charge in [-0.05, 0) is 123 Å². The summed E-state index contributed by atoms with van der Waals surface area (Å²) in [4.78, 5) is 0. The summed E-state index contributed by atoms with van der Waals surface area (Å²) in [6.45, 7) is 69.6. The van der Waals surface area contributed by atoms with Gasteiger partial charge in [-0.25, -0.2) is 0 Å². The van der Waals surface area contributed by atoms with Crippen LogP contribution in [-0.4, -0.2) is 11.7 Å². The molecule has 78 heavy (non-hydrogen) atoms. The summed E-state index contributed by atoms with van der Waals surface area (Å²) in [5, 5.41) is 9.02. The van der Waals surface area contributed by atoms with Crippen molar-refractivity contribution in [1.82, 2.24) is 0 Å². The fourth-order valence-corrected chi connectivity index (χ4v) is 4.67. The molecule has 0 aromatic rings. The van der Waals surface area contributed by atoms with Crippen LogP contribution in [0.3, 0.4) is 0 Å². The van der Waals surface area contributed by atoms with Crippen LogP contribution in [0.5, 0.6) is 0 Å². The standard InChI is InChI=1S/C14H26.C10H18O.C10H18.3C9H16.C8H14.C7H12.CH4/c1-12(2)8-7-9-13(3)10-11-14(4,5)6;1-5-6-7-9(8-11)10(2,3)4;1-5-6-7-8-9-10(2,3)4;1-6-7-8(2)9(3,4)5;2*1-5-6-7-8-9(2,3)4;1-6-7(2)8(3,4)5;1-3-5-7-6-4-2;/h8,10H,7,9,11H2,1-6H3;9,11H,7-8H2,1-4H3;5-6,9H2,1-4H3;1,8H,7H2,2-5H3;7-8H2,1-4H3;5,8H2,1-4H3;1,7H,2-5H3;3-5H2,1-2H3;1H4/b13-10+;;;;;;;;. The molecule has 0 fully saturated rings. The van der Waals surface area contributed by atoms with E-state index in [-0.39, 0.29) is 24.9 Å². The molecule has 0 rings (SSSR count). The van der Waals surface area contributed by atoms with E-state index in [2.05, 4.69) is 291 Å². The van der Waals surface area contributed by atoms with Crippen molar-refractivity contribution < 1.29 is 5.11 Å². The molecule has 1 N–H and O–H groups in total. The molecule has 0 spiro atoms. The van der Waals surface area contributed by atoms with Crippen molar-refractivity contribution in [1.29, 1.82) is 0 Å². The van der Waals surface area contributed by atoms with Gasteiger partial charge in [-0.1, -0.05) is 218 Å². The van der Waals surface area contributed by atoms with Crippen molar-refractivity contribution in [2.24, 2.45) is 55.7 Å². The number of aliphatic hydroxyl groups is 1. The van der Waals surface area contributed by atoms with E-state index in [9.17, 15) is 0 Å². The van der Waals surface area contributed by atoms with E-state index in [0.717, 1.165) is 57.8 Å². The van der Waals surface area contributed by atoms with E-state index < -0.39 is 0 Å². The number of rotatable bonds is 10. The Kier molecular flexibility index (Phi) is 66.4. The first-order chi connectivity index (χ1) is 34.9. The lowest BCUT2D eigenvalue weighted by Crippen LogP contribution is -2.23. The number of unbranched alkanes of at least 4 members (excludes halogenated alkanes) is 2. The highest BCUT2D eigenvalue weighted by molar-refractivity contribution is 5.04. The average Bonchev–Trinajstić information content (AvgIpc) is 3.26. The van der Waals surface area contributed by atoms with Gasteiger partial charge in [0.2, 0.25) is 0 Å². The van der Waals surface area contributed by atoms with Crippen LogP contribution in [0.2, 0.25) is 0 Å². The third-order valence-corrected chi connectivity index (χ3v) is 11.5. The van der Waals surface area contributed by atoms with Crippen LogP contribution >= 0.6 is 0 Å². The van der Waals surface area contributed by atoms with Gasteiger partial charge in [0.05, 0.1) is 0 Å². The van der Waals surface area contributed by atoms with Gasteiger partial charge in [-0.15, -0.1) is 83.9 Å². The SMILES string of the molecule is C.C#CC(C)C(C)(C)C.C#CCC(C)C(C)(C)C.CC#CCC(CO)C(C)(C)C.CC#CCCC(C)(C)C.CC(C)=CCC/C(C)=C/CC(C)(C)C.CCC#CCC(C)(C)C.CCC#CCCC.CCCC#CCC(C)(C)C. The van der Waals surface area contributed by atoms with Crippen molar-refractivity contribution in [2.75, 3.05) is 6.61 Å². The van der Waals surface area contributed by atoms with E-state index >= 15 is 0 Å². The van der Waals surface area contributed by atoms with Crippen LogP contribution in [0.15, 0.2) is 23.3 Å². The Bertz CT molecular complexity index is 1830. The summed E-state index contributed by atoms with van der Waals surface area (Å²) in [7, 11) is 0. The normalized spacial score (nSPS) is 11.8. The van der Waals surface area contributed by atoms with Gasteiger partial charge in [0.25, 0.3) is 0 Å². The molecule has 0 aliphatic heterocycles. The van der Waals surface area contributed by atoms with Crippen molar-refractivity contribution in [3.05, 3.63) is 23.3 Å². The maximum atomic E-state index is 9.02. The molecule has 1 heteroatoms. The van der Waals surface area contributed by atoms with Crippen LogP contribution in [0, 0.1) is 140 Å². The second kappa shape index (κ2) is 55.3. The number of aliphatic hydroxyl groups excluding tert-OH is 1. The smallest absolute Gasteiger partial charge is 0.0473 e. The zero-order valence-corrected chi connectivity index (χ0v) is 58.3. The summed E-state index contributed by atoms with van der Waals surface area (Å²) in [5.74, 6) is 37.0. The summed E-state index contributed by atoms with van der Waals surface area (Å²) in [6.07, 6.45) is 31.1. The fourth-order valence-electron chi connectivity index (χ4n) is 4.67. The molecular weight excluding hydrogens is 941 g/mol. The maximum Gasteiger partial charge on any atom is 0.0473 e. The summed E-state index contributed by atoms with van der Waals surface area (Å²) >= 11 is 0. The van der Waals surface area contributed by atoms with Crippen LogP contribution < -0.4 is 0 Å². The highest BCUT2D eigenvalue weighted by Crippen LogP contribution is 2.29. The predicted octanol–water partition coefficient (Wildman–Crippen LogP) is 23.9. The van der Waals surface area contributed by atoms with Gasteiger partial charge < -0.3 is 5.11 Å². The van der Waals surface area contributed by atoms with E-state index in [0.29, 0.717) is 44.8 Å². The molecule has 0 aliphatic carbocycles. The molecule has 0 saturated heterocycles. The first-order valence-electron chi connectivity index (χ1n) is 29.8. The van der Waals surface area contributed by atoms with Gasteiger partial charge in [0, 0.05) is 70.3 Å². The van der Waals surface area contributed by atoms with Gasteiger partial charge >= 0.3 is 0 Å². The van der Waals surface area contributed by atoms with Crippen LogP contribution in [0.25, 0.3) is 0 Å². The lowest BCUT2D eigenvalue weighted by Gasteiger charge is -2.27. The highest BCUT2D eigenvalue weighted by atomic mass is 16.3. The topological polar surface area (TPSA) is 20.2 Å². The summed E-state index contributed by atoms with van der Waals surface area (Å²) in [5.41, 5.74) is 5.38. The molecule has 3 unspecified atom stereocenters. The molecule has 3 atom stereocenters. The number of allylic oxidation sites excluding steroid dienone is 4. The second-order valence-electron chi connectivity index (χ2n) is 28.7. The largest absolute Gasteiger partial charge is 0.396 e. The lowest BCUT2D eigenvalue weighted by atomic mass is 9.79. The number of terminal acetylenes is 2. The quantitative estimate of drug-likeness (QED) is 0.171. The minimum atomic E-state index is 0. The molecule has 0 saturated carbocycles. The minimum Gasteiger partial charge on any atom is -0.396 e.